The van der Waals surface area contributed by atoms with Gasteiger partial charge in [-0.15, -0.1) is 0 Å². The zero-order valence-corrected chi connectivity index (χ0v) is 35.3. The summed E-state index contributed by atoms with van der Waals surface area (Å²) in [5.41, 5.74) is 23.5. The third-order valence-electron chi connectivity index (χ3n) is 9.25. The number of benzene rings is 2. The molecule has 1 aliphatic rings. The number of hydrogen-bond donors (Lipinski definition) is 11. The summed E-state index contributed by atoms with van der Waals surface area (Å²) in [5.74, 6) is -5.30. The summed E-state index contributed by atoms with van der Waals surface area (Å²) in [6, 6.07) is 7.89. The second-order valence-corrected chi connectivity index (χ2v) is 17.1. The number of nitrogens with one attached hydrogen (secondary N) is 6. The van der Waals surface area contributed by atoms with Crippen molar-refractivity contribution in [1.29, 1.82) is 0 Å². The molecule has 1 aliphatic heterocycles. The van der Waals surface area contributed by atoms with Crippen LogP contribution in [0.2, 0.25) is 0 Å². The van der Waals surface area contributed by atoms with Crippen LogP contribution in [-0.2, 0) is 46.4 Å². The summed E-state index contributed by atoms with van der Waals surface area (Å²) >= 11 is 0. The third-order valence-corrected chi connectivity index (χ3v) is 11.7. The van der Waals surface area contributed by atoms with Gasteiger partial charge in [0.25, 0.3) is 0 Å². The van der Waals surface area contributed by atoms with Crippen LogP contribution in [0.3, 0.4) is 0 Å². The number of primary amides is 1. The van der Waals surface area contributed by atoms with Gasteiger partial charge >= 0.3 is 0 Å². The molecule has 0 unspecified atom stereocenters. The fourth-order valence-electron chi connectivity index (χ4n) is 5.99. The number of aromatic hydroxyl groups is 1. The van der Waals surface area contributed by atoms with E-state index in [2.05, 4.69) is 36.9 Å². The first-order chi connectivity index (χ1) is 28.6. The van der Waals surface area contributed by atoms with Crippen molar-refractivity contribution in [3.05, 3.63) is 65.7 Å². The van der Waals surface area contributed by atoms with Crippen molar-refractivity contribution in [1.82, 2.24) is 31.9 Å². The van der Waals surface area contributed by atoms with E-state index >= 15 is 0 Å². The minimum Gasteiger partial charge on any atom is -0.508 e. The van der Waals surface area contributed by atoms with Crippen LogP contribution in [0.5, 0.6) is 5.75 Å². The van der Waals surface area contributed by atoms with E-state index in [-0.39, 0.29) is 68.4 Å². The highest BCUT2D eigenvalue weighted by Crippen LogP contribution is 2.23. The molecule has 1 fully saturated rings. The third kappa shape index (κ3) is 17.0. The smallest absolute Gasteiger partial charge is 0.244 e. The van der Waals surface area contributed by atoms with Crippen molar-refractivity contribution in [2.45, 2.75) is 88.6 Å². The standard InChI is InChI=1S/C39H57N11O8S2/c1-22(2)32-38(58)47-27(14-16-40)34(54)49-30(37(57)46-26(33(41)53)9-6-17-44-39(42)43)21-60-59-18-15-31(52)45-28(20-24-10-12-25(51)13-11-24)35(55)48-29(36(56)50-32)19-23-7-4-3-5-8-23/h3-5,7-8,10-13,22,26-30,32,51H,6,9,14-21,40H2,1-2H3,(H2,41,53)(H,45,52)(H,46,57)(H,47,58)(H,48,55)(H,49,54)(H,50,56)(H4,42,43,44)/t26-,27+,28-,29+,30+,32-/m0/s1. The predicted octanol–water partition coefficient (Wildman–Crippen LogP) is -1.58. The van der Waals surface area contributed by atoms with Crippen LogP contribution in [0.25, 0.3) is 0 Å². The number of aliphatic imine (C=N–C) groups is 1. The maximum atomic E-state index is 14.1. The highest BCUT2D eigenvalue weighted by molar-refractivity contribution is 8.76. The average Bonchev–Trinajstić information content (AvgIpc) is 3.19. The molecule has 0 radical (unpaired) electrons. The van der Waals surface area contributed by atoms with Gasteiger partial charge in [0, 0.05) is 37.3 Å². The number of nitrogens with zero attached hydrogens (tertiary/aromatic N) is 1. The lowest BCUT2D eigenvalue weighted by Gasteiger charge is -2.29. The second-order valence-electron chi connectivity index (χ2n) is 14.4. The Labute approximate surface area is 356 Å². The molecule has 19 nitrogen and oxygen atoms in total. The lowest BCUT2D eigenvalue weighted by atomic mass is 9.99. The van der Waals surface area contributed by atoms with Crippen LogP contribution in [0.1, 0.15) is 50.7 Å². The molecule has 0 spiro atoms. The fourth-order valence-corrected chi connectivity index (χ4v) is 8.14. The molecule has 0 bridgehead atoms. The van der Waals surface area contributed by atoms with Gasteiger partial charge < -0.3 is 59.9 Å². The van der Waals surface area contributed by atoms with E-state index in [1.54, 1.807) is 56.3 Å². The normalized spacial score (nSPS) is 21.9. The Morgan fingerprint density at radius 2 is 1.40 bits per heavy atom. The molecular formula is C39H57N11O8S2. The molecule has 328 valence electrons. The van der Waals surface area contributed by atoms with E-state index in [1.807, 2.05) is 0 Å². The van der Waals surface area contributed by atoms with Crippen LogP contribution in [0, 0.1) is 5.92 Å². The van der Waals surface area contributed by atoms with Crippen molar-refractivity contribution in [3.63, 3.8) is 0 Å². The monoisotopic (exact) mass is 871 g/mol. The van der Waals surface area contributed by atoms with Crippen LogP contribution in [0.4, 0.5) is 0 Å². The summed E-state index contributed by atoms with van der Waals surface area (Å²) in [6.07, 6.45) is 0.378. The predicted molar refractivity (Wildman–Crippen MR) is 231 cm³/mol. The molecule has 0 saturated carbocycles. The van der Waals surface area contributed by atoms with Gasteiger partial charge in [0.1, 0.15) is 42.0 Å². The maximum Gasteiger partial charge on any atom is 0.244 e. The van der Waals surface area contributed by atoms with Gasteiger partial charge in [0.05, 0.1) is 0 Å². The zero-order chi connectivity index (χ0) is 44.2. The average molecular weight is 872 g/mol. The number of amides is 7. The van der Waals surface area contributed by atoms with Gasteiger partial charge in [-0.3, -0.25) is 38.6 Å². The zero-order valence-electron chi connectivity index (χ0n) is 33.7. The molecule has 0 aliphatic carbocycles. The largest absolute Gasteiger partial charge is 0.508 e. The van der Waals surface area contributed by atoms with Crippen LogP contribution in [0.15, 0.2) is 59.6 Å². The number of phenols is 1. The topological polar surface area (TPSA) is 328 Å². The first-order valence-electron chi connectivity index (χ1n) is 19.5. The van der Waals surface area contributed by atoms with Crippen molar-refractivity contribution < 1.29 is 38.7 Å². The second kappa shape index (κ2) is 25.2. The molecule has 7 amide bonds. The first kappa shape index (κ1) is 48.8. The number of rotatable bonds is 14. The van der Waals surface area contributed by atoms with Crippen LogP contribution < -0.4 is 54.8 Å². The van der Waals surface area contributed by atoms with Gasteiger partial charge in [0.2, 0.25) is 41.4 Å². The summed E-state index contributed by atoms with van der Waals surface area (Å²) in [5, 5.41) is 26.0. The van der Waals surface area contributed by atoms with Crippen LogP contribution in [-0.4, -0.2) is 113 Å². The van der Waals surface area contributed by atoms with Gasteiger partial charge in [-0.2, -0.15) is 0 Å². The van der Waals surface area contributed by atoms with Gasteiger partial charge in [0.15, 0.2) is 5.96 Å². The number of phenolic OH excluding ortho intramolecular Hbond substituents is 1. The van der Waals surface area contributed by atoms with Gasteiger partial charge in [-0.1, -0.05) is 77.9 Å². The SMILES string of the molecule is CC(C)[C@@H]1NC(=O)[C@@H](Cc2ccccc2)NC(=O)[C@H](Cc2ccc(O)cc2)NC(=O)CCSSC[C@H](C(=O)N[C@@H](CCCN=C(N)N)C(N)=O)NC(=O)[C@@H](CCN)NC1=O. The van der Waals surface area contributed by atoms with Gasteiger partial charge in [-0.05, 0) is 55.0 Å². The summed E-state index contributed by atoms with van der Waals surface area (Å²) in [7, 11) is 2.39. The Balaban J connectivity index is 1.97. The number of carbonyl (C=O) groups excluding carboxylic acids is 7. The minimum absolute atomic E-state index is 0.0159. The van der Waals surface area contributed by atoms with E-state index in [0.29, 0.717) is 17.5 Å². The lowest BCUT2D eigenvalue weighted by Crippen LogP contribution is -2.61. The Kier molecular flexibility index (Phi) is 20.5. The Bertz CT molecular complexity index is 1800. The lowest BCUT2D eigenvalue weighted by molar-refractivity contribution is -0.136. The molecule has 6 atom stereocenters. The molecule has 3 rings (SSSR count). The van der Waals surface area contributed by atoms with Crippen molar-refractivity contribution in [2.24, 2.45) is 33.8 Å². The van der Waals surface area contributed by atoms with E-state index in [9.17, 15) is 38.7 Å². The van der Waals surface area contributed by atoms with Crippen molar-refractivity contribution in [3.8, 4) is 5.75 Å². The molecule has 1 saturated heterocycles. The summed E-state index contributed by atoms with van der Waals surface area (Å²) < 4.78 is 0. The van der Waals surface area contributed by atoms with E-state index in [4.69, 9.17) is 22.9 Å². The molecule has 60 heavy (non-hydrogen) atoms. The Morgan fingerprint density at radius 3 is 2.02 bits per heavy atom. The van der Waals surface area contributed by atoms with Crippen molar-refractivity contribution >= 4 is 68.9 Å². The molecule has 2 aromatic rings. The van der Waals surface area contributed by atoms with E-state index in [1.165, 1.54) is 33.7 Å². The number of hydrogen-bond acceptors (Lipinski definition) is 12. The van der Waals surface area contributed by atoms with Crippen molar-refractivity contribution in [2.75, 3.05) is 24.6 Å². The summed E-state index contributed by atoms with van der Waals surface area (Å²) in [6.45, 7) is 3.53. The Hall–Kier alpha value is -5.54. The molecule has 0 aromatic heterocycles. The molecule has 15 N–H and O–H groups in total. The quantitative estimate of drug-likeness (QED) is 0.0443. The highest BCUT2D eigenvalue weighted by atomic mass is 33.1. The van der Waals surface area contributed by atoms with Crippen LogP contribution >= 0.6 is 21.6 Å². The highest BCUT2D eigenvalue weighted by Gasteiger charge is 2.34. The fraction of sp³-hybridized carbons (Fsp3) is 0.487. The van der Waals surface area contributed by atoms with Gasteiger partial charge in [-0.25, -0.2) is 0 Å². The van der Waals surface area contributed by atoms with E-state index < -0.39 is 83.5 Å². The van der Waals surface area contributed by atoms with E-state index in [0.717, 1.165) is 0 Å². The minimum atomic E-state index is -1.25. The number of carbonyl (C=O) groups is 7. The summed E-state index contributed by atoms with van der Waals surface area (Å²) in [4.78, 5) is 98.9. The number of guanidine groups is 1. The molecular weight excluding hydrogens is 815 g/mol. The maximum absolute atomic E-state index is 14.1. The number of nitrogens with two attached hydrogens (primary N) is 4. The first-order valence-corrected chi connectivity index (χ1v) is 22.0. The molecule has 1 heterocycles. The Morgan fingerprint density at radius 1 is 0.800 bits per heavy atom. The molecule has 21 heteroatoms. The molecule has 2 aromatic carbocycles.